The highest BCUT2D eigenvalue weighted by molar-refractivity contribution is 8.00. The van der Waals surface area contributed by atoms with Crippen LogP contribution in [0.5, 0.6) is 0 Å². The maximum absolute atomic E-state index is 12.5. The molecule has 0 unspecified atom stereocenters. The summed E-state index contributed by atoms with van der Waals surface area (Å²) in [5.74, 6) is 0.599. The number of nitrogens with zero attached hydrogens (tertiary/aromatic N) is 1. The largest absolute Gasteiger partial charge is 0.293 e. The summed E-state index contributed by atoms with van der Waals surface area (Å²) in [5, 5.41) is 1.98. The predicted octanol–water partition coefficient (Wildman–Crippen LogP) is 4.52. The number of aryl methyl sites for hydroxylation is 1. The lowest BCUT2D eigenvalue weighted by Crippen LogP contribution is -2.03. The second kappa shape index (κ2) is 6.10. The third-order valence-corrected chi connectivity index (χ3v) is 4.38. The molecule has 0 fully saturated rings. The average molecular weight is 293 g/mol. The summed E-state index contributed by atoms with van der Waals surface area (Å²) in [4.78, 5) is 17.7. The Balaban J connectivity index is 1.79. The Morgan fingerprint density at radius 2 is 1.90 bits per heavy atom. The van der Waals surface area contributed by atoms with Gasteiger partial charge >= 0.3 is 0 Å². The number of Topliss-reactive ketones (excluding diaryl/α,β-unsaturated/α-hetero) is 1. The number of pyridine rings is 1. The second-order valence-electron chi connectivity index (χ2n) is 4.93. The predicted molar refractivity (Wildman–Crippen MR) is 88.0 cm³/mol. The van der Waals surface area contributed by atoms with Gasteiger partial charge in [-0.15, -0.1) is 11.8 Å². The molecule has 3 rings (SSSR count). The number of thioether (sulfide) groups is 1. The van der Waals surface area contributed by atoms with Gasteiger partial charge in [0.15, 0.2) is 5.78 Å². The van der Waals surface area contributed by atoms with E-state index in [9.17, 15) is 4.79 Å². The van der Waals surface area contributed by atoms with E-state index in [1.165, 1.54) is 5.56 Å². The minimum absolute atomic E-state index is 0.150. The average Bonchev–Trinajstić information content (AvgIpc) is 2.53. The topological polar surface area (TPSA) is 30.0 Å². The standard InChI is InChI=1S/C18H15NOS/c1-13-5-7-15(8-6-13)21-12-18(20)17-4-2-3-14-11-19-10-9-16(14)17/h2-11H,12H2,1H3. The molecular weight excluding hydrogens is 278 g/mol. The third-order valence-electron chi connectivity index (χ3n) is 3.37. The number of carbonyl (C=O) groups excluding carboxylic acids is 1. The van der Waals surface area contributed by atoms with Crippen LogP contribution >= 0.6 is 11.8 Å². The first-order valence-corrected chi connectivity index (χ1v) is 7.78. The summed E-state index contributed by atoms with van der Waals surface area (Å²) in [6.45, 7) is 2.06. The highest BCUT2D eigenvalue weighted by atomic mass is 32.2. The Morgan fingerprint density at radius 1 is 1.10 bits per heavy atom. The molecule has 0 aliphatic heterocycles. The molecule has 3 heteroatoms. The van der Waals surface area contributed by atoms with Gasteiger partial charge in [-0.3, -0.25) is 9.78 Å². The molecule has 2 aromatic carbocycles. The number of benzene rings is 2. The lowest BCUT2D eigenvalue weighted by Gasteiger charge is -2.05. The van der Waals surface area contributed by atoms with Crippen molar-refractivity contribution in [2.24, 2.45) is 0 Å². The molecule has 3 aromatic rings. The van der Waals surface area contributed by atoms with Crippen molar-refractivity contribution < 1.29 is 4.79 Å². The summed E-state index contributed by atoms with van der Waals surface area (Å²) in [6.07, 6.45) is 3.52. The van der Waals surface area contributed by atoms with Gasteiger partial charge in [-0.2, -0.15) is 0 Å². The first-order valence-electron chi connectivity index (χ1n) is 6.79. The van der Waals surface area contributed by atoms with E-state index < -0.39 is 0 Å². The molecule has 0 atom stereocenters. The zero-order valence-electron chi connectivity index (χ0n) is 11.7. The first kappa shape index (κ1) is 13.8. The van der Waals surface area contributed by atoms with Crippen LogP contribution in [0.4, 0.5) is 0 Å². The molecule has 104 valence electrons. The molecule has 0 amide bonds. The van der Waals surface area contributed by atoms with Crippen LogP contribution in [0.25, 0.3) is 10.8 Å². The number of rotatable bonds is 4. The Kier molecular flexibility index (Phi) is 4.02. The maximum Gasteiger partial charge on any atom is 0.173 e. The van der Waals surface area contributed by atoms with Crippen LogP contribution in [-0.4, -0.2) is 16.5 Å². The molecule has 0 radical (unpaired) electrons. The van der Waals surface area contributed by atoms with Crippen molar-refractivity contribution in [3.8, 4) is 0 Å². The van der Waals surface area contributed by atoms with Crippen molar-refractivity contribution in [3.63, 3.8) is 0 Å². The van der Waals surface area contributed by atoms with Crippen LogP contribution in [0.3, 0.4) is 0 Å². The number of aromatic nitrogens is 1. The van der Waals surface area contributed by atoms with Crippen LogP contribution in [0.1, 0.15) is 15.9 Å². The number of hydrogen-bond acceptors (Lipinski definition) is 3. The minimum atomic E-state index is 0.150. The number of carbonyl (C=O) groups is 1. The van der Waals surface area contributed by atoms with Gasteiger partial charge in [0.2, 0.25) is 0 Å². The van der Waals surface area contributed by atoms with E-state index in [0.29, 0.717) is 5.75 Å². The smallest absolute Gasteiger partial charge is 0.173 e. The van der Waals surface area contributed by atoms with Crippen LogP contribution in [0, 0.1) is 6.92 Å². The molecule has 0 aliphatic carbocycles. The summed E-state index contributed by atoms with van der Waals surface area (Å²) in [7, 11) is 0. The van der Waals surface area contributed by atoms with Gasteiger partial charge in [0.25, 0.3) is 0 Å². The van der Waals surface area contributed by atoms with Crippen LogP contribution in [0.15, 0.2) is 65.8 Å². The molecule has 1 aromatic heterocycles. The van der Waals surface area contributed by atoms with Gasteiger partial charge in [-0.05, 0) is 30.5 Å². The highest BCUT2D eigenvalue weighted by Gasteiger charge is 2.10. The Hall–Kier alpha value is -2.13. The molecule has 2 nitrogen and oxygen atoms in total. The van der Waals surface area contributed by atoms with Crippen molar-refractivity contribution in [2.45, 2.75) is 11.8 Å². The van der Waals surface area contributed by atoms with Gasteiger partial charge in [-0.25, -0.2) is 0 Å². The quantitative estimate of drug-likeness (QED) is 0.523. The first-order chi connectivity index (χ1) is 10.2. The van der Waals surface area contributed by atoms with E-state index >= 15 is 0 Å². The number of ketones is 1. The van der Waals surface area contributed by atoms with E-state index in [2.05, 4.69) is 36.2 Å². The van der Waals surface area contributed by atoms with E-state index in [1.54, 1.807) is 24.2 Å². The van der Waals surface area contributed by atoms with Crippen LogP contribution < -0.4 is 0 Å². The van der Waals surface area contributed by atoms with Gasteiger partial charge in [0, 0.05) is 28.2 Å². The molecule has 0 aliphatic rings. The van der Waals surface area contributed by atoms with Gasteiger partial charge < -0.3 is 0 Å². The van der Waals surface area contributed by atoms with Crippen LogP contribution in [0.2, 0.25) is 0 Å². The maximum atomic E-state index is 12.5. The van der Waals surface area contributed by atoms with Crippen molar-refractivity contribution in [1.29, 1.82) is 0 Å². The number of hydrogen-bond donors (Lipinski definition) is 0. The zero-order valence-corrected chi connectivity index (χ0v) is 12.6. The van der Waals surface area contributed by atoms with Gasteiger partial charge in [0.05, 0.1) is 5.75 Å². The highest BCUT2D eigenvalue weighted by Crippen LogP contribution is 2.23. The fourth-order valence-corrected chi connectivity index (χ4v) is 3.01. The molecule has 0 saturated carbocycles. The van der Waals surface area contributed by atoms with Crippen molar-refractivity contribution in [1.82, 2.24) is 4.98 Å². The second-order valence-corrected chi connectivity index (χ2v) is 5.98. The lowest BCUT2D eigenvalue weighted by atomic mass is 10.0. The number of fused-ring (bicyclic) bond motifs is 1. The summed E-state index contributed by atoms with van der Waals surface area (Å²) >= 11 is 1.58. The van der Waals surface area contributed by atoms with Gasteiger partial charge in [0.1, 0.15) is 0 Å². The van der Waals surface area contributed by atoms with Crippen LogP contribution in [-0.2, 0) is 0 Å². The van der Waals surface area contributed by atoms with E-state index in [1.807, 2.05) is 24.3 Å². The Labute approximate surface area is 128 Å². The van der Waals surface area contributed by atoms with Gasteiger partial charge in [-0.1, -0.05) is 35.9 Å². The minimum Gasteiger partial charge on any atom is -0.293 e. The SMILES string of the molecule is Cc1ccc(SCC(=O)c2cccc3cnccc23)cc1. The van der Waals surface area contributed by atoms with Crippen molar-refractivity contribution >= 4 is 28.3 Å². The molecular formula is C18H15NOS. The summed E-state index contributed by atoms with van der Waals surface area (Å²) < 4.78 is 0. The molecule has 0 spiro atoms. The van der Waals surface area contributed by atoms with E-state index in [4.69, 9.17) is 0 Å². The van der Waals surface area contributed by atoms with E-state index in [-0.39, 0.29) is 5.78 Å². The van der Waals surface area contributed by atoms with Crippen molar-refractivity contribution in [2.75, 3.05) is 5.75 Å². The molecule has 1 heterocycles. The summed E-state index contributed by atoms with van der Waals surface area (Å²) in [5.41, 5.74) is 2.00. The summed E-state index contributed by atoms with van der Waals surface area (Å²) in [6, 6.07) is 15.9. The molecule has 0 saturated heterocycles. The monoisotopic (exact) mass is 293 g/mol. The zero-order chi connectivity index (χ0) is 14.7. The molecule has 0 N–H and O–H groups in total. The fourth-order valence-electron chi connectivity index (χ4n) is 2.23. The molecule has 21 heavy (non-hydrogen) atoms. The molecule has 0 bridgehead atoms. The lowest BCUT2D eigenvalue weighted by molar-refractivity contribution is 0.102. The third kappa shape index (κ3) is 3.14. The fraction of sp³-hybridized carbons (Fsp3) is 0.111. The van der Waals surface area contributed by atoms with E-state index in [0.717, 1.165) is 21.2 Å². The Bertz CT molecular complexity index is 775. The van der Waals surface area contributed by atoms with Crippen molar-refractivity contribution in [3.05, 3.63) is 72.1 Å². The normalized spacial score (nSPS) is 10.7. The Morgan fingerprint density at radius 3 is 2.71 bits per heavy atom.